The maximum atomic E-state index is 5.47. The number of hydrogen-bond donors (Lipinski definition) is 0. The summed E-state index contributed by atoms with van der Waals surface area (Å²) in [7, 11) is 1.66. The molecule has 4 heteroatoms. The maximum Gasteiger partial charge on any atom is 0.146 e. The lowest BCUT2D eigenvalue weighted by Gasteiger charge is -2.24. The van der Waals surface area contributed by atoms with E-state index in [9.17, 15) is 0 Å². The van der Waals surface area contributed by atoms with Crippen LogP contribution in [-0.4, -0.2) is 46.4 Å². The van der Waals surface area contributed by atoms with E-state index in [1.54, 1.807) is 7.11 Å². The van der Waals surface area contributed by atoms with Crippen molar-refractivity contribution < 1.29 is 9.47 Å². The molecular weight excluding hydrogens is 225 g/mol. The SMILES string of the molecule is COCOC[C@@H]1CCCN1Cc1ccccc1.[B]. The van der Waals surface area contributed by atoms with Crippen molar-refractivity contribution in [1.82, 2.24) is 4.90 Å². The average molecular weight is 246 g/mol. The Morgan fingerprint density at radius 2 is 2.06 bits per heavy atom. The van der Waals surface area contributed by atoms with Gasteiger partial charge < -0.3 is 9.47 Å². The number of likely N-dealkylation sites (tertiary alicyclic amines) is 1. The van der Waals surface area contributed by atoms with Crippen LogP contribution in [-0.2, 0) is 16.0 Å². The Bertz CT molecular complexity index is 321. The molecule has 0 aromatic heterocycles. The molecule has 1 aromatic rings. The molecule has 0 amide bonds. The summed E-state index contributed by atoms with van der Waals surface area (Å²) in [6.07, 6.45) is 2.50. The van der Waals surface area contributed by atoms with E-state index in [1.165, 1.54) is 24.9 Å². The minimum atomic E-state index is 0. The predicted octanol–water partition coefficient (Wildman–Crippen LogP) is 1.89. The molecule has 1 fully saturated rings. The molecule has 1 aliphatic heterocycles. The van der Waals surface area contributed by atoms with E-state index in [2.05, 4.69) is 35.2 Å². The zero-order valence-corrected chi connectivity index (χ0v) is 11.0. The summed E-state index contributed by atoms with van der Waals surface area (Å²) in [5.41, 5.74) is 1.38. The van der Waals surface area contributed by atoms with E-state index in [1.807, 2.05) is 0 Å². The molecule has 0 saturated carbocycles. The summed E-state index contributed by atoms with van der Waals surface area (Å²) in [5, 5.41) is 0. The normalized spacial score (nSPS) is 19.7. The number of benzene rings is 1. The van der Waals surface area contributed by atoms with E-state index >= 15 is 0 Å². The van der Waals surface area contributed by atoms with Gasteiger partial charge in [-0.05, 0) is 24.9 Å². The third kappa shape index (κ3) is 4.44. The highest BCUT2D eigenvalue weighted by molar-refractivity contribution is 5.75. The van der Waals surface area contributed by atoms with Gasteiger partial charge in [-0.25, -0.2) is 0 Å². The molecule has 0 unspecified atom stereocenters. The number of hydrogen-bond acceptors (Lipinski definition) is 3. The van der Waals surface area contributed by atoms with Crippen LogP contribution in [0.1, 0.15) is 18.4 Å². The van der Waals surface area contributed by atoms with Crippen LogP contribution in [0.15, 0.2) is 30.3 Å². The Labute approximate surface area is 112 Å². The monoisotopic (exact) mass is 246 g/mol. The summed E-state index contributed by atoms with van der Waals surface area (Å²) < 4.78 is 10.4. The molecular formula is C14H21BNO2. The number of rotatable bonds is 6. The van der Waals surface area contributed by atoms with Crippen molar-refractivity contribution in [1.29, 1.82) is 0 Å². The maximum absolute atomic E-state index is 5.47. The van der Waals surface area contributed by atoms with Crippen LogP contribution in [0.4, 0.5) is 0 Å². The summed E-state index contributed by atoms with van der Waals surface area (Å²) in [6, 6.07) is 11.2. The van der Waals surface area contributed by atoms with E-state index in [0.717, 1.165) is 13.2 Å². The Morgan fingerprint density at radius 3 is 2.78 bits per heavy atom. The zero-order chi connectivity index (χ0) is 11.9. The first-order chi connectivity index (χ1) is 8.40. The third-order valence-corrected chi connectivity index (χ3v) is 3.24. The third-order valence-electron chi connectivity index (χ3n) is 3.24. The molecule has 3 nitrogen and oxygen atoms in total. The molecule has 1 heterocycles. The summed E-state index contributed by atoms with van der Waals surface area (Å²) in [4.78, 5) is 2.50. The lowest BCUT2D eigenvalue weighted by Crippen LogP contribution is -2.32. The topological polar surface area (TPSA) is 21.7 Å². The summed E-state index contributed by atoms with van der Waals surface area (Å²) in [6.45, 7) is 3.38. The van der Waals surface area contributed by atoms with E-state index in [4.69, 9.17) is 9.47 Å². The smallest absolute Gasteiger partial charge is 0.146 e. The number of methoxy groups -OCH3 is 1. The average Bonchev–Trinajstić information content (AvgIpc) is 2.79. The highest BCUT2D eigenvalue weighted by Crippen LogP contribution is 2.20. The molecule has 0 N–H and O–H groups in total. The van der Waals surface area contributed by atoms with Crippen molar-refractivity contribution in [3.63, 3.8) is 0 Å². The molecule has 1 saturated heterocycles. The first-order valence-electron chi connectivity index (χ1n) is 6.25. The van der Waals surface area contributed by atoms with E-state index in [0.29, 0.717) is 12.8 Å². The summed E-state index contributed by atoms with van der Waals surface area (Å²) >= 11 is 0. The van der Waals surface area contributed by atoms with Crippen LogP contribution < -0.4 is 0 Å². The van der Waals surface area contributed by atoms with Gasteiger partial charge in [0.25, 0.3) is 0 Å². The van der Waals surface area contributed by atoms with E-state index < -0.39 is 0 Å². The second-order valence-electron chi connectivity index (χ2n) is 4.53. The second-order valence-corrected chi connectivity index (χ2v) is 4.53. The predicted molar refractivity (Wildman–Crippen MR) is 73.5 cm³/mol. The summed E-state index contributed by atoms with van der Waals surface area (Å²) in [5.74, 6) is 0. The zero-order valence-electron chi connectivity index (χ0n) is 11.0. The Hall–Kier alpha value is -0.835. The minimum absolute atomic E-state index is 0. The van der Waals surface area contributed by atoms with Gasteiger partial charge in [0.2, 0.25) is 0 Å². The van der Waals surface area contributed by atoms with Gasteiger partial charge in [-0.15, -0.1) is 0 Å². The van der Waals surface area contributed by atoms with Gasteiger partial charge in [0.1, 0.15) is 6.79 Å². The van der Waals surface area contributed by atoms with Crippen LogP contribution >= 0.6 is 0 Å². The van der Waals surface area contributed by atoms with Crippen LogP contribution in [0.25, 0.3) is 0 Å². The number of ether oxygens (including phenoxy) is 2. The molecule has 97 valence electrons. The molecule has 2 rings (SSSR count). The molecule has 0 bridgehead atoms. The Morgan fingerprint density at radius 1 is 1.28 bits per heavy atom. The van der Waals surface area contributed by atoms with Gasteiger partial charge >= 0.3 is 0 Å². The Kier molecular flexibility index (Phi) is 7.02. The van der Waals surface area contributed by atoms with Crippen LogP contribution in [0.2, 0.25) is 0 Å². The van der Waals surface area contributed by atoms with Crippen LogP contribution in [0.3, 0.4) is 0 Å². The number of nitrogens with zero attached hydrogens (tertiary/aromatic N) is 1. The van der Waals surface area contributed by atoms with Gasteiger partial charge in [0.15, 0.2) is 0 Å². The van der Waals surface area contributed by atoms with Gasteiger partial charge in [0.05, 0.1) is 6.61 Å². The largest absolute Gasteiger partial charge is 0.359 e. The highest BCUT2D eigenvalue weighted by atomic mass is 16.7. The van der Waals surface area contributed by atoms with Crippen LogP contribution in [0.5, 0.6) is 0 Å². The van der Waals surface area contributed by atoms with Gasteiger partial charge in [-0.3, -0.25) is 4.90 Å². The van der Waals surface area contributed by atoms with Gasteiger partial charge in [-0.1, -0.05) is 30.3 Å². The lowest BCUT2D eigenvalue weighted by atomic mass is 10.2. The molecule has 0 spiro atoms. The van der Waals surface area contributed by atoms with Crippen molar-refractivity contribution in [2.24, 2.45) is 0 Å². The minimum Gasteiger partial charge on any atom is -0.359 e. The fraction of sp³-hybridized carbons (Fsp3) is 0.571. The quantitative estimate of drug-likeness (QED) is 0.434. The molecule has 1 atom stereocenters. The van der Waals surface area contributed by atoms with Crippen LogP contribution in [0, 0.1) is 0 Å². The second kappa shape index (κ2) is 8.30. The molecule has 3 radical (unpaired) electrons. The van der Waals surface area contributed by atoms with Crippen molar-refractivity contribution in [3.8, 4) is 0 Å². The van der Waals surface area contributed by atoms with E-state index in [-0.39, 0.29) is 8.41 Å². The fourth-order valence-electron chi connectivity index (χ4n) is 2.38. The van der Waals surface area contributed by atoms with Gasteiger partial charge in [-0.2, -0.15) is 0 Å². The van der Waals surface area contributed by atoms with Crippen molar-refractivity contribution >= 4 is 8.41 Å². The standard InChI is InChI=1S/C14H21NO2.B/c1-16-12-17-11-14-8-5-9-15(14)10-13-6-3-2-4-7-13;/h2-4,6-7,14H,5,8-12H2,1H3;/t14-;/m0./s1. The fourth-order valence-corrected chi connectivity index (χ4v) is 2.38. The van der Waals surface area contributed by atoms with Crippen molar-refractivity contribution in [2.75, 3.05) is 27.1 Å². The molecule has 1 aromatic carbocycles. The molecule has 18 heavy (non-hydrogen) atoms. The first kappa shape index (κ1) is 15.2. The van der Waals surface area contributed by atoms with Crippen molar-refractivity contribution in [2.45, 2.75) is 25.4 Å². The molecule has 0 aliphatic carbocycles. The molecule has 1 aliphatic rings. The Balaban J connectivity index is 0.00000162. The van der Waals surface area contributed by atoms with Gasteiger partial charge in [0, 0.05) is 28.1 Å². The highest BCUT2D eigenvalue weighted by Gasteiger charge is 2.24. The lowest BCUT2D eigenvalue weighted by molar-refractivity contribution is -0.0476. The van der Waals surface area contributed by atoms with Crippen molar-refractivity contribution in [3.05, 3.63) is 35.9 Å². The first-order valence-corrected chi connectivity index (χ1v) is 6.25.